The van der Waals surface area contributed by atoms with E-state index in [2.05, 4.69) is 26.6 Å². The van der Waals surface area contributed by atoms with Gasteiger partial charge in [-0.05, 0) is 44.7 Å². The van der Waals surface area contributed by atoms with Gasteiger partial charge in [-0.1, -0.05) is 6.92 Å². The number of nitrogens with zero attached hydrogens (tertiary/aromatic N) is 4. The normalized spacial score (nSPS) is 20.2. The van der Waals surface area contributed by atoms with Gasteiger partial charge in [-0.25, -0.2) is 0 Å². The fraction of sp³-hybridized carbons (Fsp3) is 0.846. The third-order valence-corrected chi connectivity index (χ3v) is 4.19. The highest BCUT2D eigenvalue weighted by Crippen LogP contribution is 2.24. The highest BCUT2D eigenvalue weighted by Gasteiger charge is 2.23. The molecule has 18 heavy (non-hydrogen) atoms. The number of likely N-dealkylation sites (tertiary alicyclic amines) is 1. The number of aryl methyl sites for hydroxylation is 1. The van der Waals surface area contributed by atoms with Gasteiger partial charge in [-0.15, -0.1) is 10.2 Å². The number of rotatable bonds is 5. The van der Waals surface area contributed by atoms with E-state index in [-0.39, 0.29) is 0 Å². The van der Waals surface area contributed by atoms with Crippen LogP contribution in [0.5, 0.6) is 0 Å². The van der Waals surface area contributed by atoms with Crippen LogP contribution in [0, 0.1) is 18.8 Å². The number of piperidine rings is 1. The molecule has 2 heterocycles. The highest BCUT2D eigenvalue weighted by atomic mass is 16.3. The van der Waals surface area contributed by atoms with Crippen LogP contribution in [0.3, 0.4) is 0 Å². The minimum Gasteiger partial charge on any atom is -0.396 e. The Kier molecular flexibility index (Phi) is 4.72. The van der Waals surface area contributed by atoms with E-state index in [1.54, 1.807) is 6.33 Å². The van der Waals surface area contributed by atoms with E-state index in [4.69, 9.17) is 0 Å². The predicted octanol–water partition coefficient (Wildman–Crippen LogP) is 0.927. The van der Waals surface area contributed by atoms with Gasteiger partial charge >= 0.3 is 0 Å². The molecule has 1 aliphatic rings. The van der Waals surface area contributed by atoms with Crippen molar-refractivity contribution in [2.75, 3.05) is 26.2 Å². The first-order valence-corrected chi connectivity index (χ1v) is 6.88. The molecule has 2 rings (SSSR count). The number of hydrogen-bond acceptors (Lipinski definition) is 4. The SMILES string of the molecule is Cc1nncn1CCN1CCC(C(C)CO)CC1. The van der Waals surface area contributed by atoms with Gasteiger partial charge in [0.25, 0.3) is 0 Å². The van der Waals surface area contributed by atoms with Crippen LogP contribution in [0.4, 0.5) is 0 Å². The number of hydrogen-bond donors (Lipinski definition) is 1. The van der Waals surface area contributed by atoms with Crippen LogP contribution in [-0.2, 0) is 6.54 Å². The second kappa shape index (κ2) is 6.29. The van der Waals surface area contributed by atoms with E-state index in [0.29, 0.717) is 18.4 Å². The quantitative estimate of drug-likeness (QED) is 0.847. The first-order chi connectivity index (χ1) is 8.70. The maximum Gasteiger partial charge on any atom is 0.129 e. The molecule has 0 aliphatic carbocycles. The smallest absolute Gasteiger partial charge is 0.129 e. The van der Waals surface area contributed by atoms with E-state index in [1.807, 2.05) is 6.92 Å². The lowest BCUT2D eigenvalue weighted by Gasteiger charge is -2.34. The molecule has 0 amide bonds. The monoisotopic (exact) mass is 252 g/mol. The largest absolute Gasteiger partial charge is 0.396 e. The van der Waals surface area contributed by atoms with Gasteiger partial charge in [0.1, 0.15) is 12.2 Å². The van der Waals surface area contributed by atoms with Crippen LogP contribution < -0.4 is 0 Å². The molecule has 0 radical (unpaired) electrons. The van der Waals surface area contributed by atoms with Crippen LogP contribution in [0.15, 0.2) is 6.33 Å². The lowest BCUT2D eigenvalue weighted by Crippen LogP contribution is -2.38. The van der Waals surface area contributed by atoms with E-state index in [0.717, 1.165) is 32.0 Å². The number of aromatic nitrogens is 3. The van der Waals surface area contributed by atoms with E-state index in [9.17, 15) is 5.11 Å². The third-order valence-electron chi connectivity index (χ3n) is 4.19. The molecule has 5 heteroatoms. The Morgan fingerprint density at radius 2 is 2.11 bits per heavy atom. The van der Waals surface area contributed by atoms with Crippen molar-refractivity contribution in [1.82, 2.24) is 19.7 Å². The molecular weight excluding hydrogens is 228 g/mol. The molecule has 1 saturated heterocycles. The minimum atomic E-state index is 0.324. The summed E-state index contributed by atoms with van der Waals surface area (Å²) in [6.07, 6.45) is 4.22. The maximum atomic E-state index is 9.18. The van der Waals surface area contributed by atoms with Crippen molar-refractivity contribution in [3.8, 4) is 0 Å². The van der Waals surface area contributed by atoms with E-state index < -0.39 is 0 Å². The molecule has 1 aromatic heterocycles. The Morgan fingerprint density at radius 1 is 1.39 bits per heavy atom. The Labute approximate surface area is 109 Å². The lowest BCUT2D eigenvalue weighted by molar-refractivity contribution is 0.113. The predicted molar refractivity (Wildman–Crippen MR) is 70.2 cm³/mol. The average molecular weight is 252 g/mol. The van der Waals surface area contributed by atoms with Gasteiger partial charge in [-0.3, -0.25) is 0 Å². The zero-order valence-corrected chi connectivity index (χ0v) is 11.4. The first kappa shape index (κ1) is 13.5. The van der Waals surface area contributed by atoms with Crippen molar-refractivity contribution in [3.05, 3.63) is 12.2 Å². The lowest BCUT2D eigenvalue weighted by atomic mass is 9.86. The van der Waals surface area contributed by atoms with Crippen molar-refractivity contribution in [2.45, 2.75) is 33.2 Å². The minimum absolute atomic E-state index is 0.324. The molecule has 1 atom stereocenters. The number of aliphatic hydroxyl groups excluding tert-OH is 1. The van der Waals surface area contributed by atoms with Gasteiger partial charge in [-0.2, -0.15) is 0 Å². The van der Waals surface area contributed by atoms with Crippen LogP contribution in [0.1, 0.15) is 25.6 Å². The van der Waals surface area contributed by atoms with Crippen molar-refractivity contribution in [1.29, 1.82) is 0 Å². The summed E-state index contributed by atoms with van der Waals surface area (Å²) in [5.41, 5.74) is 0. The summed E-state index contributed by atoms with van der Waals surface area (Å²) in [6, 6.07) is 0. The van der Waals surface area contributed by atoms with Crippen LogP contribution >= 0.6 is 0 Å². The fourth-order valence-corrected chi connectivity index (χ4v) is 2.68. The summed E-state index contributed by atoms with van der Waals surface area (Å²) in [7, 11) is 0. The van der Waals surface area contributed by atoms with Crippen LogP contribution in [0.25, 0.3) is 0 Å². The molecule has 0 aromatic carbocycles. The Balaban J connectivity index is 1.72. The molecule has 0 spiro atoms. The zero-order chi connectivity index (χ0) is 13.0. The van der Waals surface area contributed by atoms with Crippen molar-refractivity contribution >= 4 is 0 Å². The molecule has 0 saturated carbocycles. The highest BCUT2D eigenvalue weighted by molar-refractivity contribution is 4.81. The molecule has 1 fully saturated rings. The molecule has 5 nitrogen and oxygen atoms in total. The second-order valence-corrected chi connectivity index (χ2v) is 5.41. The molecule has 1 aliphatic heterocycles. The average Bonchev–Trinajstić information content (AvgIpc) is 2.81. The number of aliphatic hydroxyl groups is 1. The second-order valence-electron chi connectivity index (χ2n) is 5.41. The van der Waals surface area contributed by atoms with Crippen molar-refractivity contribution in [2.24, 2.45) is 11.8 Å². The van der Waals surface area contributed by atoms with E-state index >= 15 is 0 Å². The van der Waals surface area contributed by atoms with Gasteiger partial charge in [0.05, 0.1) is 0 Å². The topological polar surface area (TPSA) is 54.2 Å². The van der Waals surface area contributed by atoms with Gasteiger partial charge in [0, 0.05) is 19.7 Å². The van der Waals surface area contributed by atoms with Gasteiger partial charge in [0.2, 0.25) is 0 Å². The summed E-state index contributed by atoms with van der Waals surface area (Å²) in [6.45, 7) is 8.80. The zero-order valence-electron chi connectivity index (χ0n) is 11.4. The molecule has 102 valence electrons. The first-order valence-electron chi connectivity index (χ1n) is 6.88. The molecule has 0 bridgehead atoms. The summed E-state index contributed by atoms with van der Waals surface area (Å²) in [5.74, 6) is 2.13. The molecular formula is C13H24N4O. The standard InChI is InChI=1S/C13H24N4O/c1-11(9-18)13-3-5-16(6-4-13)7-8-17-10-14-15-12(17)2/h10-11,13,18H,3-9H2,1-2H3. The third kappa shape index (κ3) is 3.29. The summed E-state index contributed by atoms with van der Waals surface area (Å²) in [5, 5.41) is 17.1. The Hall–Kier alpha value is -0.940. The Bertz CT molecular complexity index is 358. The van der Waals surface area contributed by atoms with Gasteiger partial charge < -0.3 is 14.6 Å². The summed E-state index contributed by atoms with van der Waals surface area (Å²) in [4.78, 5) is 2.50. The molecule has 1 N–H and O–H groups in total. The van der Waals surface area contributed by atoms with Gasteiger partial charge in [0.15, 0.2) is 0 Å². The van der Waals surface area contributed by atoms with E-state index in [1.165, 1.54) is 12.8 Å². The Morgan fingerprint density at radius 3 is 2.67 bits per heavy atom. The van der Waals surface area contributed by atoms with Crippen molar-refractivity contribution < 1.29 is 5.11 Å². The molecule has 1 unspecified atom stereocenters. The summed E-state index contributed by atoms with van der Waals surface area (Å²) >= 11 is 0. The molecule has 1 aromatic rings. The van der Waals surface area contributed by atoms with Crippen molar-refractivity contribution in [3.63, 3.8) is 0 Å². The van der Waals surface area contributed by atoms with Crippen LogP contribution in [0.2, 0.25) is 0 Å². The maximum absolute atomic E-state index is 9.18. The fourth-order valence-electron chi connectivity index (χ4n) is 2.68. The summed E-state index contributed by atoms with van der Waals surface area (Å²) < 4.78 is 2.10. The van der Waals surface area contributed by atoms with Crippen LogP contribution in [-0.4, -0.2) is 51.0 Å².